The number of esters is 1. The van der Waals surface area contributed by atoms with Crippen molar-refractivity contribution < 1.29 is 27.5 Å². The van der Waals surface area contributed by atoms with Crippen LogP contribution in [0.15, 0.2) is 77.7 Å². The highest BCUT2D eigenvalue weighted by Gasteiger charge is 2.40. The number of amides is 2. The predicted octanol–water partition coefficient (Wildman–Crippen LogP) is 6.08. The molecule has 0 saturated carbocycles. The number of piperidine rings is 1. The minimum absolute atomic E-state index is 0.0946. The van der Waals surface area contributed by atoms with Crippen molar-refractivity contribution in [3.8, 4) is 0 Å². The third kappa shape index (κ3) is 7.64. The third-order valence-electron chi connectivity index (χ3n) is 10.2. The summed E-state index contributed by atoms with van der Waals surface area (Å²) in [6.45, 7) is 1.81. The van der Waals surface area contributed by atoms with Gasteiger partial charge in [-0.1, -0.05) is 30.3 Å². The number of methoxy groups -OCH3 is 1. The Bertz CT molecular complexity index is 2030. The lowest BCUT2D eigenvalue weighted by atomic mass is 9.94. The van der Waals surface area contributed by atoms with Crippen LogP contribution in [0.25, 0.3) is 0 Å². The molecule has 2 saturated heterocycles. The summed E-state index contributed by atoms with van der Waals surface area (Å²) in [5, 5.41) is 9.93. The Morgan fingerprint density at radius 3 is 2.31 bits per heavy atom. The Labute approximate surface area is 302 Å². The Morgan fingerprint density at radius 1 is 0.863 bits per heavy atom. The lowest BCUT2D eigenvalue weighted by Crippen LogP contribution is -2.41. The number of thiophene rings is 1. The van der Waals surface area contributed by atoms with Gasteiger partial charge in [0.15, 0.2) is 0 Å². The number of nitrogens with zero attached hydrogens (tertiary/aromatic N) is 1. The van der Waals surface area contributed by atoms with Gasteiger partial charge in [0.1, 0.15) is 5.00 Å². The number of hydrogen-bond donors (Lipinski definition) is 3. The first kappa shape index (κ1) is 35.1. The lowest BCUT2D eigenvalue weighted by molar-refractivity contribution is 0.0600. The number of nitrogens with one attached hydrogen (secondary N) is 3. The summed E-state index contributed by atoms with van der Waals surface area (Å²) < 4.78 is 33.6. The molecule has 3 N–H and O–H groups in total. The van der Waals surface area contributed by atoms with Crippen LogP contribution in [0.1, 0.15) is 78.3 Å². The molecule has 10 nitrogen and oxygen atoms in total. The second-order valence-corrected chi connectivity index (χ2v) is 16.6. The molecule has 2 atom stereocenters. The largest absolute Gasteiger partial charge is 0.465 e. The predicted molar refractivity (Wildman–Crippen MR) is 198 cm³/mol. The number of ether oxygens (including phenoxy) is 1. The van der Waals surface area contributed by atoms with Crippen LogP contribution in [0.2, 0.25) is 0 Å². The molecule has 266 valence electrons. The number of anilines is 2. The third-order valence-corrected chi connectivity index (χ3v) is 13.2. The minimum atomic E-state index is -3.77. The summed E-state index contributed by atoms with van der Waals surface area (Å²) >= 11 is 1.42. The second-order valence-electron chi connectivity index (χ2n) is 13.5. The van der Waals surface area contributed by atoms with E-state index < -0.39 is 15.9 Å². The van der Waals surface area contributed by atoms with Gasteiger partial charge in [0.25, 0.3) is 11.8 Å². The van der Waals surface area contributed by atoms with E-state index in [0.717, 1.165) is 79.5 Å². The molecular formula is C39H42N4O6S2. The number of carbonyl (C=O) groups is 3. The highest BCUT2D eigenvalue weighted by atomic mass is 32.2. The molecule has 2 aliphatic heterocycles. The zero-order valence-corrected chi connectivity index (χ0v) is 30.2. The van der Waals surface area contributed by atoms with E-state index in [-0.39, 0.29) is 28.4 Å². The Balaban J connectivity index is 1.03. The first-order chi connectivity index (χ1) is 24.7. The number of sulfonamides is 1. The van der Waals surface area contributed by atoms with Crippen molar-refractivity contribution in [2.75, 3.05) is 37.4 Å². The van der Waals surface area contributed by atoms with Crippen LogP contribution in [0.3, 0.4) is 0 Å². The summed E-state index contributed by atoms with van der Waals surface area (Å²) in [7, 11) is -2.41. The van der Waals surface area contributed by atoms with Crippen molar-refractivity contribution in [2.45, 2.75) is 62.3 Å². The number of hydrogen-bond acceptors (Lipinski definition) is 8. The Morgan fingerprint density at radius 2 is 1.59 bits per heavy atom. The van der Waals surface area contributed by atoms with Gasteiger partial charge < -0.3 is 20.7 Å². The lowest BCUT2D eigenvalue weighted by Gasteiger charge is -2.24. The molecule has 2 fully saturated rings. The number of benzene rings is 3. The fourth-order valence-corrected chi connectivity index (χ4v) is 10.2. The summed E-state index contributed by atoms with van der Waals surface area (Å²) in [5.74, 6) is -0.802. The molecule has 3 heterocycles. The van der Waals surface area contributed by atoms with E-state index in [1.807, 2.05) is 36.4 Å². The first-order valence-corrected chi connectivity index (χ1v) is 19.8. The molecule has 2 unspecified atom stereocenters. The highest BCUT2D eigenvalue weighted by molar-refractivity contribution is 7.89. The summed E-state index contributed by atoms with van der Waals surface area (Å²) in [6, 6.07) is 21.4. The average Bonchev–Trinajstić information content (AvgIpc) is 3.77. The monoisotopic (exact) mass is 726 g/mol. The van der Waals surface area contributed by atoms with Gasteiger partial charge in [-0.25, -0.2) is 13.2 Å². The fourth-order valence-electron chi connectivity index (χ4n) is 7.38. The average molecular weight is 727 g/mol. The SMILES string of the molecule is COC(=O)c1ccc(CCc2ccc(NC(=O)c3c(NC(=O)c4cccc(S(=O)(=O)N5CC6CCCNC6C5)c4)sc4c3CCCC4)cc2)cc1. The quantitative estimate of drug-likeness (QED) is 0.169. The molecule has 0 spiro atoms. The molecular weight excluding hydrogens is 685 g/mol. The zero-order chi connectivity index (χ0) is 35.5. The van der Waals surface area contributed by atoms with E-state index in [0.29, 0.717) is 40.8 Å². The van der Waals surface area contributed by atoms with Crippen LogP contribution < -0.4 is 16.0 Å². The topological polar surface area (TPSA) is 134 Å². The van der Waals surface area contributed by atoms with Gasteiger partial charge in [-0.15, -0.1) is 11.3 Å². The Kier molecular flexibility index (Phi) is 10.4. The van der Waals surface area contributed by atoms with Crippen molar-refractivity contribution >= 4 is 49.8 Å². The van der Waals surface area contributed by atoms with E-state index in [2.05, 4.69) is 16.0 Å². The first-order valence-electron chi connectivity index (χ1n) is 17.6. The minimum Gasteiger partial charge on any atom is -0.465 e. The van der Waals surface area contributed by atoms with Crippen molar-refractivity contribution in [1.29, 1.82) is 0 Å². The number of carbonyl (C=O) groups excluding carboxylic acids is 3. The molecule has 12 heteroatoms. The van der Waals surface area contributed by atoms with Crippen LogP contribution in [0.4, 0.5) is 10.7 Å². The summed E-state index contributed by atoms with van der Waals surface area (Å²) in [5.41, 5.74) is 5.03. The number of fused-ring (bicyclic) bond motifs is 2. The van der Waals surface area contributed by atoms with Gasteiger partial charge >= 0.3 is 5.97 Å². The van der Waals surface area contributed by atoms with Gasteiger partial charge in [-0.05, 0) is 123 Å². The number of rotatable bonds is 10. The maximum atomic E-state index is 13.8. The van der Waals surface area contributed by atoms with Crippen molar-refractivity contribution in [3.05, 3.63) is 111 Å². The molecule has 2 amide bonds. The van der Waals surface area contributed by atoms with Gasteiger partial charge in [-0.2, -0.15) is 4.31 Å². The van der Waals surface area contributed by atoms with Gasteiger partial charge in [0.2, 0.25) is 10.0 Å². The zero-order valence-electron chi connectivity index (χ0n) is 28.6. The van der Waals surface area contributed by atoms with Crippen LogP contribution in [0, 0.1) is 5.92 Å². The van der Waals surface area contributed by atoms with Crippen LogP contribution in [-0.4, -0.2) is 63.3 Å². The van der Waals surface area contributed by atoms with Crippen LogP contribution in [-0.2, 0) is 40.4 Å². The highest BCUT2D eigenvalue weighted by Crippen LogP contribution is 2.39. The summed E-state index contributed by atoms with van der Waals surface area (Å²) in [4.78, 5) is 40.4. The molecule has 0 radical (unpaired) electrons. The standard InChI is InChI=1S/C39H42N4O6S2/c1-49-39(46)27-17-13-25(14-18-27)11-12-26-15-19-30(20-16-26)41-37(45)35-32-9-2-3-10-34(32)50-38(35)42-36(44)28-6-4-8-31(22-28)51(47,48)43-23-29-7-5-21-40-33(29)24-43/h4,6,8,13-20,22,29,33,40H,2-3,5,7,9-12,21,23-24H2,1H3,(H,41,45)(H,42,44). The Hall–Kier alpha value is -4.36. The maximum Gasteiger partial charge on any atom is 0.337 e. The van der Waals surface area contributed by atoms with Gasteiger partial charge in [0, 0.05) is 35.3 Å². The second kappa shape index (κ2) is 15.1. The van der Waals surface area contributed by atoms with E-state index in [9.17, 15) is 22.8 Å². The molecule has 3 aliphatic rings. The normalized spacial score (nSPS) is 18.8. The van der Waals surface area contributed by atoms with Gasteiger partial charge in [-0.3, -0.25) is 9.59 Å². The van der Waals surface area contributed by atoms with Crippen molar-refractivity contribution in [2.24, 2.45) is 5.92 Å². The van der Waals surface area contributed by atoms with Gasteiger partial charge in [0.05, 0.1) is 23.1 Å². The summed E-state index contributed by atoms with van der Waals surface area (Å²) in [6.07, 6.45) is 7.22. The molecule has 7 rings (SSSR count). The van der Waals surface area contributed by atoms with E-state index in [1.165, 1.54) is 28.8 Å². The molecule has 0 bridgehead atoms. The molecule has 1 aliphatic carbocycles. The van der Waals surface area contributed by atoms with E-state index in [4.69, 9.17) is 4.74 Å². The molecule has 4 aromatic rings. The van der Waals surface area contributed by atoms with Crippen LogP contribution >= 0.6 is 11.3 Å². The molecule has 1 aromatic heterocycles. The number of aryl methyl sites for hydroxylation is 3. The maximum absolute atomic E-state index is 13.8. The smallest absolute Gasteiger partial charge is 0.337 e. The molecule has 3 aromatic carbocycles. The fraction of sp³-hybridized carbons (Fsp3) is 0.359. The van der Waals surface area contributed by atoms with E-state index >= 15 is 0 Å². The van der Waals surface area contributed by atoms with Crippen molar-refractivity contribution in [1.82, 2.24) is 9.62 Å². The van der Waals surface area contributed by atoms with E-state index in [1.54, 1.807) is 30.3 Å². The van der Waals surface area contributed by atoms with Crippen molar-refractivity contribution in [3.63, 3.8) is 0 Å². The molecule has 51 heavy (non-hydrogen) atoms. The van der Waals surface area contributed by atoms with Crippen LogP contribution in [0.5, 0.6) is 0 Å².